The van der Waals surface area contributed by atoms with Gasteiger partial charge in [0, 0.05) is 13.0 Å². The average Bonchev–Trinajstić information content (AvgIpc) is 2.61. The molecule has 3 heteroatoms. The zero-order valence-electron chi connectivity index (χ0n) is 8.57. The molecule has 0 spiro atoms. The maximum atomic E-state index is 10.8. The predicted octanol–water partition coefficient (Wildman–Crippen LogP) is 2.28. The zero-order valence-corrected chi connectivity index (χ0v) is 8.57. The maximum absolute atomic E-state index is 10.8. The van der Waals surface area contributed by atoms with Gasteiger partial charge in [0.2, 0.25) is 0 Å². The minimum Gasteiger partial charge on any atom is -0.298 e. The van der Waals surface area contributed by atoms with Gasteiger partial charge in [0.1, 0.15) is 0 Å². The van der Waals surface area contributed by atoms with Crippen LogP contribution in [0.25, 0.3) is 0 Å². The first-order valence-electron chi connectivity index (χ1n) is 5.30. The van der Waals surface area contributed by atoms with Crippen molar-refractivity contribution in [3.8, 4) is 0 Å². The van der Waals surface area contributed by atoms with Gasteiger partial charge in [-0.05, 0) is 12.8 Å². The number of aryl methyl sites for hydroxylation is 1. The van der Waals surface area contributed by atoms with Gasteiger partial charge in [0.25, 0.3) is 0 Å². The van der Waals surface area contributed by atoms with Crippen LogP contribution in [0.5, 0.6) is 0 Å². The number of aromatic nitrogens is 2. The summed E-state index contributed by atoms with van der Waals surface area (Å²) in [5.74, 6) is 0.552. The highest BCUT2D eigenvalue weighted by atomic mass is 16.1. The van der Waals surface area contributed by atoms with Crippen LogP contribution in [0, 0.1) is 0 Å². The van der Waals surface area contributed by atoms with Crippen molar-refractivity contribution < 1.29 is 4.79 Å². The summed E-state index contributed by atoms with van der Waals surface area (Å²) >= 11 is 0. The van der Waals surface area contributed by atoms with Gasteiger partial charge in [-0.1, -0.05) is 19.3 Å². The first kappa shape index (κ1) is 9.44. The second kappa shape index (κ2) is 3.95. The number of rotatable bonds is 2. The van der Waals surface area contributed by atoms with E-state index in [4.69, 9.17) is 0 Å². The number of hydrogen-bond donors (Lipinski definition) is 0. The molecule has 0 saturated heterocycles. The largest absolute Gasteiger partial charge is 0.298 e. The van der Waals surface area contributed by atoms with Crippen molar-refractivity contribution in [2.24, 2.45) is 7.05 Å². The highest BCUT2D eigenvalue weighted by molar-refractivity contribution is 5.76. The first-order valence-corrected chi connectivity index (χ1v) is 5.30. The van der Waals surface area contributed by atoms with E-state index >= 15 is 0 Å². The van der Waals surface area contributed by atoms with Crippen LogP contribution < -0.4 is 0 Å². The fourth-order valence-corrected chi connectivity index (χ4v) is 2.43. The Kier molecular flexibility index (Phi) is 2.66. The van der Waals surface area contributed by atoms with E-state index in [1.165, 1.54) is 32.1 Å². The average molecular weight is 192 g/mol. The fraction of sp³-hybridized carbons (Fsp3) is 0.636. The topological polar surface area (TPSA) is 34.9 Å². The van der Waals surface area contributed by atoms with Crippen molar-refractivity contribution in [3.05, 3.63) is 17.5 Å². The molecule has 0 N–H and O–H groups in total. The molecule has 0 unspecified atom stereocenters. The van der Waals surface area contributed by atoms with Crippen LogP contribution in [-0.4, -0.2) is 16.1 Å². The van der Waals surface area contributed by atoms with Crippen molar-refractivity contribution in [1.29, 1.82) is 0 Å². The van der Waals surface area contributed by atoms with E-state index in [-0.39, 0.29) is 0 Å². The molecule has 0 aliphatic heterocycles. The summed E-state index contributed by atoms with van der Waals surface area (Å²) in [6.07, 6.45) is 8.93. The molecule has 0 radical (unpaired) electrons. The molecule has 1 aliphatic rings. The lowest BCUT2D eigenvalue weighted by Crippen LogP contribution is -2.11. The number of aldehydes is 1. The SMILES string of the molecule is Cn1ncc(C=O)c1C1CCCCC1. The zero-order chi connectivity index (χ0) is 9.97. The lowest BCUT2D eigenvalue weighted by molar-refractivity contribution is 0.112. The Balaban J connectivity index is 2.28. The molecule has 0 bridgehead atoms. The Morgan fingerprint density at radius 2 is 2.14 bits per heavy atom. The summed E-state index contributed by atoms with van der Waals surface area (Å²) in [5.41, 5.74) is 1.92. The number of hydrogen-bond acceptors (Lipinski definition) is 2. The highest BCUT2D eigenvalue weighted by Crippen LogP contribution is 2.33. The number of nitrogens with zero attached hydrogens (tertiary/aromatic N) is 2. The molecule has 1 aromatic rings. The summed E-state index contributed by atoms with van der Waals surface area (Å²) < 4.78 is 1.86. The quantitative estimate of drug-likeness (QED) is 0.674. The lowest BCUT2D eigenvalue weighted by atomic mass is 9.85. The van der Waals surface area contributed by atoms with Crippen LogP contribution in [0.4, 0.5) is 0 Å². The Morgan fingerprint density at radius 1 is 1.43 bits per heavy atom. The van der Waals surface area contributed by atoms with Crippen molar-refractivity contribution in [3.63, 3.8) is 0 Å². The van der Waals surface area contributed by atoms with Gasteiger partial charge in [-0.3, -0.25) is 9.48 Å². The molecule has 0 atom stereocenters. The summed E-state index contributed by atoms with van der Waals surface area (Å²) in [4.78, 5) is 10.8. The molecule has 1 saturated carbocycles. The van der Waals surface area contributed by atoms with E-state index in [1.807, 2.05) is 11.7 Å². The smallest absolute Gasteiger partial charge is 0.153 e. The molecular formula is C11H16N2O. The van der Waals surface area contributed by atoms with Gasteiger partial charge in [-0.15, -0.1) is 0 Å². The van der Waals surface area contributed by atoms with Gasteiger partial charge in [0.05, 0.1) is 17.5 Å². The summed E-state index contributed by atoms with van der Waals surface area (Å²) in [5, 5.41) is 4.15. The van der Waals surface area contributed by atoms with Crippen LogP contribution in [0.15, 0.2) is 6.20 Å². The second-order valence-corrected chi connectivity index (χ2v) is 4.06. The summed E-state index contributed by atoms with van der Waals surface area (Å²) in [6.45, 7) is 0. The van der Waals surface area contributed by atoms with Crippen molar-refractivity contribution in [2.75, 3.05) is 0 Å². The Morgan fingerprint density at radius 3 is 2.79 bits per heavy atom. The molecule has 14 heavy (non-hydrogen) atoms. The third-order valence-corrected chi connectivity index (χ3v) is 3.13. The minimum absolute atomic E-state index is 0.552. The third kappa shape index (κ3) is 1.59. The molecule has 0 aromatic carbocycles. The van der Waals surface area contributed by atoms with E-state index in [9.17, 15) is 4.79 Å². The molecule has 2 rings (SSSR count). The highest BCUT2D eigenvalue weighted by Gasteiger charge is 2.21. The number of carbonyl (C=O) groups is 1. The third-order valence-electron chi connectivity index (χ3n) is 3.13. The van der Waals surface area contributed by atoms with Crippen LogP contribution in [0.3, 0.4) is 0 Å². The molecule has 3 nitrogen and oxygen atoms in total. The van der Waals surface area contributed by atoms with E-state index in [0.29, 0.717) is 5.92 Å². The fourth-order valence-electron chi connectivity index (χ4n) is 2.43. The van der Waals surface area contributed by atoms with Gasteiger partial charge in [-0.2, -0.15) is 5.10 Å². The molecule has 0 amide bonds. The van der Waals surface area contributed by atoms with Crippen molar-refractivity contribution in [1.82, 2.24) is 9.78 Å². The van der Waals surface area contributed by atoms with E-state index in [1.54, 1.807) is 6.20 Å². The van der Waals surface area contributed by atoms with Gasteiger partial charge >= 0.3 is 0 Å². The van der Waals surface area contributed by atoms with Crippen LogP contribution in [-0.2, 0) is 7.05 Å². The first-order chi connectivity index (χ1) is 6.83. The minimum atomic E-state index is 0.552. The Hall–Kier alpha value is -1.12. The lowest BCUT2D eigenvalue weighted by Gasteiger charge is -2.22. The molecule has 76 valence electrons. The van der Waals surface area contributed by atoms with E-state index in [0.717, 1.165) is 17.5 Å². The number of carbonyl (C=O) groups excluding carboxylic acids is 1. The molecule has 1 aromatic heterocycles. The standard InChI is InChI=1S/C11H16N2O/c1-13-11(10(8-14)7-12-13)9-5-3-2-4-6-9/h7-9H,2-6H2,1H3. The van der Waals surface area contributed by atoms with E-state index in [2.05, 4.69) is 5.10 Å². The van der Waals surface area contributed by atoms with E-state index < -0.39 is 0 Å². The molecule has 1 aliphatic carbocycles. The normalized spacial score (nSPS) is 18.4. The van der Waals surface area contributed by atoms with Gasteiger partial charge < -0.3 is 0 Å². The van der Waals surface area contributed by atoms with Crippen molar-refractivity contribution in [2.45, 2.75) is 38.0 Å². The van der Waals surface area contributed by atoms with Crippen LogP contribution in [0.2, 0.25) is 0 Å². The van der Waals surface area contributed by atoms with Crippen molar-refractivity contribution >= 4 is 6.29 Å². The Bertz CT molecular complexity index is 324. The van der Waals surface area contributed by atoms with Gasteiger partial charge in [0.15, 0.2) is 6.29 Å². The maximum Gasteiger partial charge on any atom is 0.153 e. The summed E-state index contributed by atoms with van der Waals surface area (Å²) in [6, 6.07) is 0. The van der Waals surface area contributed by atoms with Crippen LogP contribution >= 0.6 is 0 Å². The van der Waals surface area contributed by atoms with Crippen LogP contribution in [0.1, 0.15) is 54.1 Å². The van der Waals surface area contributed by atoms with Gasteiger partial charge in [-0.25, -0.2) is 0 Å². The molecular weight excluding hydrogens is 176 g/mol. The summed E-state index contributed by atoms with van der Waals surface area (Å²) in [7, 11) is 1.93. The Labute approximate surface area is 84.1 Å². The monoisotopic (exact) mass is 192 g/mol. The second-order valence-electron chi connectivity index (χ2n) is 4.06. The molecule has 1 heterocycles. The molecule has 1 fully saturated rings. The predicted molar refractivity (Wildman–Crippen MR) is 54.4 cm³/mol.